The van der Waals surface area contributed by atoms with Crippen LogP contribution in [0.15, 0.2) is 30.6 Å². The number of hydrogen-bond donors (Lipinski definition) is 1. The maximum absolute atomic E-state index is 14.3. The molecule has 1 atom stereocenters. The number of nitrogens with one attached hydrogen (secondary N) is 1. The molecular weight excluding hydrogens is 253 g/mol. The number of aromatic nitrogens is 2. The van der Waals surface area contributed by atoms with Crippen molar-refractivity contribution in [2.45, 2.75) is 38.6 Å². The Balaban J connectivity index is 1.79. The summed E-state index contributed by atoms with van der Waals surface area (Å²) in [6, 6.07) is 6.02. The van der Waals surface area contributed by atoms with Crippen molar-refractivity contribution in [3.05, 3.63) is 47.8 Å². The van der Waals surface area contributed by atoms with Crippen molar-refractivity contribution in [2.24, 2.45) is 0 Å². The second-order valence-corrected chi connectivity index (χ2v) is 5.48. The van der Waals surface area contributed by atoms with E-state index in [0.717, 1.165) is 24.4 Å². The minimum Gasteiger partial charge on any atom is -0.314 e. The molecule has 1 fully saturated rings. The van der Waals surface area contributed by atoms with Crippen LogP contribution in [0.4, 0.5) is 4.39 Å². The standard InChI is InChI=1S/C16H20FN3/c1-12-18-8-9-20(12)16-6-5-13(11-15(16)17)10-14-4-2-3-7-19-14/h5-6,8-9,11,14,19H,2-4,7,10H2,1H3. The third kappa shape index (κ3) is 2.75. The van der Waals surface area contributed by atoms with Crippen molar-refractivity contribution in [3.8, 4) is 5.69 Å². The predicted octanol–water partition coefficient (Wildman–Crippen LogP) is 3.00. The smallest absolute Gasteiger partial charge is 0.147 e. The molecule has 20 heavy (non-hydrogen) atoms. The van der Waals surface area contributed by atoms with E-state index in [2.05, 4.69) is 10.3 Å². The van der Waals surface area contributed by atoms with E-state index in [4.69, 9.17) is 0 Å². The number of imidazole rings is 1. The first-order chi connectivity index (χ1) is 9.74. The summed E-state index contributed by atoms with van der Waals surface area (Å²) in [5.74, 6) is 0.616. The molecule has 1 aliphatic rings. The lowest BCUT2D eigenvalue weighted by Crippen LogP contribution is -2.35. The summed E-state index contributed by atoms with van der Waals surface area (Å²) < 4.78 is 16.1. The lowest BCUT2D eigenvalue weighted by atomic mass is 9.97. The summed E-state index contributed by atoms with van der Waals surface area (Å²) in [5, 5.41) is 3.50. The van der Waals surface area contributed by atoms with Crippen LogP contribution >= 0.6 is 0 Å². The Labute approximate surface area is 118 Å². The molecule has 0 radical (unpaired) electrons. The fraction of sp³-hybridized carbons (Fsp3) is 0.438. The van der Waals surface area contributed by atoms with Crippen LogP contribution in [0.3, 0.4) is 0 Å². The number of halogens is 1. The zero-order chi connectivity index (χ0) is 13.9. The predicted molar refractivity (Wildman–Crippen MR) is 77.6 cm³/mol. The highest BCUT2D eigenvalue weighted by Gasteiger charge is 2.14. The summed E-state index contributed by atoms with van der Waals surface area (Å²) in [4.78, 5) is 4.14. The Morgan fingerprint density at radius 1 is 1.40 bits per heavy atom. The summed E-state index contributed by atoms with van der Waals surface area (Å²) in [6.07, 6.45) is 8.09. The number of benzene rings is 1. The lowest BCUT2D eigenvalue weighted by Gasteiger charge is -2.23. The summed E-state index contributed by atoms with van der Waals surface area (Å²) >= 11 is 0. The van der Waals surface area contributed by atoms with Crippen LogP contribution in [-0.2, 0) is 6.42 Å². The third-order valence-corrected chi connectivity index (χ3v) is 3.99. The molecule has 0 bridgehead atoms. The van der Waals surface area contributed by atoms with E-state index >= 15 is 0 Å². The summed E-state index contributed by atoms with van der Waals surface area (Å²) in [5.41, 5.74) is 1.63. The Bertz CT molecular complexity index is 585. The van der Waals surface area contributed by atoms with E-state index in [1.54, 1.807) is 23.0 Å². The fourth-order valence-corrected chi connectivity index (χ4v) is 2.89. The van der Waals surface area contributed by atoms with E-state index in [-0.39, 0.29) is 5.82 Å². The maximum atomic E-state index is 14.3. The van der Waals surface area contributed by atoms with E-state index < -0.39 is 0 Å². The monoisotopic (exact) mass is 273 g/mol. The largest absolute Gasteiger partial charge is 0.314 e. The van der Waals surface area contributed by atoms with Gasteiger partial charge in [-0.05, 0) is 50.4 Å². The number of piperidine rings is 1. The highest BCUT2D eigenvalue weighted by Crippen LogP contribution is 2.19. The molecule has 106 valence electrons. The minimum absolute atomic E-state index is 0.181. The van der Waals surface area contributed by atoms with Crippen LogP contribution in [0, 0.1) is 12.7 Å². The van der Waals surface area contributed by atoms with Gasteiger partial charge in [0.1, 0.15) is 11.6 Å². The SMILES string of the molecule is Cc1nccn1-c1ccc(CC2CCCCN2)cc1F. The average molecular weight is 273 g/mol. The molecule has 0 spiro atoms. The van der Waals surface area contributed by atoms with Crippen LogP contribution in [0.1, 0.15) is 30.7 Å². The molecule has 1 N–H and O–H groups in total. The van der Waals surface area contributed by atoms with Gasteiger partial charge in [0, 0.05) is 18.4 Å². The zero-order valence-corrected chi connectivity index (χ0v) is 11.8. The van der Waals surface area contributed by atoms with Gasteiger partial charge < -0.3 is 9.88 Å². The molecule has 4 heteroatoms. The molecule has 0 aliphatic carbocycles. The van der Waals surface area contributed by atoms with Gasteiger partial charge >= 0.3 is 0 Å². The van der Waals surface area contributed by atoms with Gasteiger partial charge in [-0.2, -0.15) is 0 Å². The Morgan fingerprint density at radius 2 is 2.30 bits per heavy atom. The molecule has 1 aromatic heterocycles. The van der Waals surface area contributed by atoms with Crippen molar-refractivity contribution in [2.75, 3.05) is 6.54 Å². The highest BCUT2D eigenvalue weighted by atomic mass is 19.1. The summed E-state index contributed by atoms with van der Waals surface area (Å²) in [7, 11) is 0. The molecule has 1 aliphatic heterocycles. The van der Waals surface area contributed by atoms with Crippen LogP contribution < -0.4 is 5.32 Å². The van der Waals surface area contributed by atoms with Crippen LogP contribution in [-0.4, -0.2) is 22.1 Å². The molecule has 1 aromatic carbocycles. The Morgan fingerprint density at radius 3 is 2.95 bits per heavy atom. The zero-order valence-electron chi connectivity index (χ0n) is 11.8. The third-order valence-electron chi connectivity index (χ3n) is 3.99. The van der Waals surface area contributed by atoms with Crippen molar-refractivity contribution in [1.29, 1.82) is 0 Å². The molecule has 2 heterocycles. The molecule has 1 saturated heterocycles. The molecule has 0 amide bonds. The minimum atomic E-state index is -0.181. The molecular formula is C16H20FN3. The first-order valence-corrected chi connectivity index (χ1v) is 7.26. The molecule has 1 unspecified atom stereocenters. The maximum Gasteiger partial charge on any atom is 0.147 e. The van der Waals surface area contributed by atoms with E-state index in [1.807, 2.05) is 19.1 Å². The van der Waals surface area contributed by atoms with Gasteiger partial charge in [-0.1, -0.05) is 12.5 Å². The number of hydrogen-bond acceptors (Lipinski definition) is 2. The van der Waals surface area contributed by atoms with Gasteiger partial charge in [0.15, 0.2) is 0 Å². The highest BCUT2D eigenvalue weighted by molar-refractivity contribution is 5.38. The van der Waals surface area contributed by atoms with E-state index in [1.165, 1.54) is 19.3 Å². The Kier molecular flexibility index (Phi) is 3.83. The van der Waals surface area contributed by atoms with Crippen LogP contribution in [0.5, 0.6) is 0 Å². The van der Waals surface area contributed by atoms with Crippen LogP contribution in [0.25, 0.3) is 5.69 Å². The van der Waals surface area contributed by atoms with Gasteiger partial charge in [-0.25, -0.2) is 9.37 Å². The van der Waals surface area contributed by atoms with Gasteiger partial charge in [-0.3, -0.25) is 0 Å². The molecule has 3 nitrogen and oxygen atoms in total. The second kappa shape index (κ2) is 5.75. The number of rotatable bonds is 3. The molecule has 0 saturated carbocycles. The van der Waals surface area contributed by atoms with Crippen molar-refractivity contribution in [3.63, 3.8) is 0 Å². The number of aryl methyl sites for hydroxylation is 1. The van der Waals surface area contributed by atoms with E-state index in [0.29, 0.717) is 11.7 Å². The van der Waals surface area contributed by atoms with Crippen LogP contribution in [0.2, 0.25) is 0 Å². The lowest BCUT2D eigenvalue weighted by molar-refractivity contribution is 0.399. The topological polar surface area (TPSA) is 29.9 Å². The van der Waals surface area contributed by atoms with E-state index in [9.17, 15) is 4.39 Å². The average Bonchev–Trinajstić information content (AvgIpc) is 2.86. The van der Waals surface area contributed by atoms with Crippen molar-refractivity contribution >= 4 is 0 Å². The van der Waals surface area contributed by atoms with Gasteiger partial charge in [0.05, 0.1) is 5.69 Å². The summed E-state index contributed by atoms with van der Waals surface area (Å²) in [6.45, 7) is 2.96. The van der Waals surface area contributed by atoms with Gasteiger partial charge in [-0.15, -0.1) is 0 Å². The first kappa shape index (κ1) is 13.3. The van der Waals surface area contributed by atoms with Crippen molar-refractivity contribution < 1.29 is 4.39 Å². The Hall–Kier alpha value is -1.68. The first-order valence-electron chi connectivity index (χ1n) is 7.26. The second-order valence-electron chi connectivity index (χ2n) is 5.48. The van der Waals surface area contributed by atoms with Crippen molar-refractivity contribution in [1.82, 2.24) is 14.9 Å². The fourth-order valence-electron chi connectivity index (χ4n) is 2.89. The van der Waals surface area contributed by atoms with Gasteiger partial charge in [0.25, 0.3) is 0 Å². The molecule has 3 rings (SSSR count). The quantitative estimate of drug-likeness (QED) is 0.931. The molecule has 2 aromatic rings. The van der Waals surface area contributed by atoms with Gasteiger partial charge in [0.2, 0.25) is 0 Å². The normalized spacial score (nSPS) is 19.2. The number of nitrogens with zero attached hydrogens (tertiary/aromatic N) is 2.